The molecule has 282 valence electrons. The van der Waals surface area contributed by atoms with E-state index in [4.69, 9.17) is 18.9 Å². The molecular weight excluding hydrogens is 636 g/mol. The molecule has 6 atom stereocenters. The summed E-state index contributed by atoms with van der Waals surface area (Å²) >= 11 is 0. The Balaban J connectivity index is 1.78. The van der Waals surface area contributed by atoms with Gasteiger partial charge in [0.05, 0.1) is 6.61 Å². The zero-order valence-electron chi connectivity index (χ0n) is 31.3. The van der Waals surface area contributed by atoms with Crippen molar-refractivity contribution < 1.29 is 48.0 Å². The maximum Gasteiger partial charge on any atom is 0.407 e. The zero-order chi connectivity index (χ0) is 37.3. The number of rotatable bonds is 15. The number of aliphatic carboxylic acids is 1. The van der Waals surface area contributed by atoms with Gasteiger partial charge in [0.2, 0.25) is 0 Å². The molecule has 2 saturated carbocycles. The molecule has 2 rings (SSSR count). The topological polar surface area (TPSA) is 191 Å². The lowest BCUT2D eigenvalue weighted by Crippen LogP contribution is -2.51. The Labute approximate surface area is 291 Å². The quantitative estimate of drug-likeness (QED) is 0.114. The summed E-state index contributed by atoms with van der Waals surface area (Å²) < 4.78 is 21.0. The average Bonchev–Trinajstić information content (AvgIpc) is 2.94. The Kier molecular flexibility index (Phi) is 14.6. The molecule has 0 saturated heterocycles. The lowest BCUT2D eigenvalue weighted by molar-refractivity contribution is -0.159. The SMILES string of the molecule is CNC1CC(C)(C)CC(C)(CNC(=O)OCCC(C)OC(=O)NC2CC(C)(C)CC(C)(CNC(=O)OCC(C)(COC(C)=O)C(=O)O)C2)C1. The molecule has 0 aromatic carbocycles. The minimum Gasteiger partial charge on any atom is -0.481 e. The predicted molar refractivity (Wildman–Crippen MR) is 183 cm³/mol. The number of nitrogens with one attached hydrogen (secondary N) is 4. The van der Waals surface area contributed by atoms with Crippen molar-refractivity contribution in [2.75, 3.05) is 40.0 Å². The van der Waals surface area contributed by atoms with Crippen LogP contribution < -0.4 is 21.3 Å². The second kappa shape index (κ2) is 17.1. The molecule has 2 fully saturated rings. The summed E-state index contributed by atoms with van der Waals surface area (Å²) in [5.74, 6) is -1.89. The molecule has 2 aliphatic carbocycles. The molecule has 0 spiro atoms. The van der Waals surface area contributed by atoms with Gasteiger partial charge in [-0.15, -0.1) is 0 Å². The minimum absolute atomic E-state index is 0.0382. The smallest absolute Gasteiger partial charge is 0.407 e. The molecule has 0 bridgehead atoms. The summed E-state index contributed by atoms with van der Waals surface area (Å²) in [6.45, 7) is 17.1. The molecule has 0 aromatic rings. The van der Waals surface area contributed by atoms with E-state index in [1.165, 1.54) is 13.8 Å². The number of hydrogen-bond donors (Lipinski definition) is 5. The van der Waals surface area contributed by atoms with Gasteiger partial charge < -0.3 is 45.3 Å². The first kappa shape index (κ1) is 41.9. The maximum atomic E-state index is 12.8. The highest BCUT2D eigenvalue weighted by Gasteiger charge is 2.43. The van der Waals surface area contributed by atoms with Crippen molar-refractivity contribution in [1.29, 1.82) is 0 Å². The maximum absolute atomic E-state index is 12.8. The molecule has 2 aliphatic rings. The van der Waals surface area contributed by atoms with Gasteiger partial charge in [-0.3, -0.25) is 9.59 Å². The first-order chi connectivity index (χ1) is 22.5. The van der Waals surface area contributed by atoms with E-state index in [1.807, 2.05) is 14.0 Å². The van der Waals surface area contributed by atoms with Gasteiger partial charge in [0.1, 0.15) is 24.7 Å². The first-order valence-electron chi connectivity index (χ1n) is 17.3. The lowest BCUT2D eigenvalue weighted by Gasteiger charge is -2.46. The molecule has 0 radical (unpaired) electrons. The van der Waals surface area contributed by atoms with E-state index in [-0.39, 0.29) is 35.4 Å². The van der Waals surface area contributed by atoms with Crippen molar-refractivity contribution in [3.8, 4) is 0 Å². The third kappa shape index (κ3) is 14.6. The van der Waals surface area contributed by atoms with Crippen LogP contribution in [0.3, 0.4) is 0 Å². The lowest BCUT2D eigenvalue weighted by atomic mass is 9.62. The van der Waals surface area contributed by atoms with Crippen LogP contribution in [0, 0.1) is 27.1 Å². The van der Waals surface area contributed by atoms with E-state index in [0.29, 0.717) is 31.8 Å². The summed E-state index contributed by atoms with van der Waals surface area (Å²) in [6.07, 6.45) is 3.12. The Morgan fingerprint density at radius 3 is 1.78 bits per heavy atom. The largest absolute Gasteiger partial charge is 0.481 e. The van der Waals surface area contributed by atoms with Crippen LogP contribution in [0.5, 0.6) is 0 Å². The normalized spacial score (nSPS) is 27.7. The van der Waals surface area contributed by atoms with Gasteiger partial charge >= 0.3 is 30.2 Å². The number of carbonyl (C=O) groups excluding carboxylic acids is 4. The van der Waals surface area contributed by atoms with Crippen molar-refractivity contribution in [1.82, 2.24) is 21.3 Å². The number of alkyl carbamates (subject to hydrolysis) is 3. The van der Waals surface area contributed by atoms with Gasteiger partial charge in [0.15, 0.2) is 0 Å². The number of ether oxygens (including phenoxy) is 4. The molecule has 6 unspecified atom stereocenters. The van der Waals surface area contributed by atoms with Crippen molar-refractivity contribution in [3.05, 3.63) is 0 Å². The molecule has 0 aliphatic heterocycles. The number of carboxylic acids is 1. The first-order valence-corrected chi connectivity index (χ1v) is 17.3. The van der Waals surface area contributed by atoms with Gasteiger partial charge in [-0.2, -0.15) is 0 Å². The number of carbonyl (C=O) groups is 5. The highest BCUT2D eigenvalue weighted by atomic mass is 16.6. The Morgan fingerprint density at radius 1 is 0.776 bits per heavy atom. The average molecular weight is 699 g/mol. The van der Waals surface area contributed by atoms with E-state index < -0.39 is 60.4 Å². The van der Waals surface area contributed by atoms with Crippen LogP contribution in [0.1, 0.15) is 107 Å². The summed E-state index contributed by atoms with van der Waals surface area (Å²) in [5.41, 5.74) is -2.01. The summed E-state index contributed by atoms with van der Waals surface area (Å²) in [7, 11) is 1.98. The predicted octanol–water partition coefficient (Wildman–Crippen LogP) is 4.99. The van der Waals surface area contributed by atoms with Crippen LogP contribution in [-0.2, 0) is 28.5 Å². The van der Waals surface area contributed by atoms with Crippen LogP contribution >= 0.6 is 0 Å². The third-order valence-corrected chi connectivity index (χ3v) is 9.63. The number of hydrogen-bond acceptors (Lipinski definition) is 10. The van der Waals surface area contributed by atoms with E-state index in [1.54, 1.807) is 6.92 Å². The summed E-state index contributed by atoms with van der Waals surface area (Å²) in [6, 6.07) is 0.182. The van der Waals surface area contributed by atoms with Crippen LogP contribution in [0.4, 0.5) is 14.4 Å². The van der Waals surface area contributed by atoms with Crippen molar-refractivity contribution in [2.24, 2.45) is 27.1 Å². The van der Waals surface area contributed by atoms with Crippen LogP contribution in [0.2, 0.25) is 0 Å². The van der Waals surface area contributed by atoms with Crippen LogP contribution in [-0.4, -0.2) is 93.5 Å². The molecule has 14 heteroatoms. The highest BCUT2D eigenvalue weighted by Crippen LogP contribution is 2.46. The molecule has 3 amide bonds. The van der Waals surface area contributed by atoms with E-state index >= 15 is 0 Å². The molecule has 0 heterocycles. The van der Waals surface area contributed by atoms with E-state index in [2.05, 4.69) is 55.9 Å². The van der Waals surface area contributed by atoms with Gasteiger partial charge in [-0.25, -0.2) is 14.4 Å². The molecule has 49 heavy (non-hydrogen) atoms. The Morgan fingerprint density at radius 2 is 1.27 bits per heavy atom. The summed E-state index contributed by atoms with van der Waals surface area (Å²) in [5, 5.41) is 21.5. The summed E-state index contributed by atoms with van der Waals surface area (Å²) in [4.78, 5) is 60.6. The van der Waals surface area contributed by atoms with Gasteiger partial charge in [0, 0.05) is 38.5 Å². The van der Waals surface area contributed by atoms with Gasteiger partial charge in [-0.05, 0) is 81.1 Å². The number of esters is 1. The molecule has 0 aromatic heterocycles. The molecule has 14 nitrogen and oxygen atoms in total. The Bertz CT molecular complexity index is 1180. The van der Waals surface area contributed by atoms with Crippen LogP contribution in [0.25, 0.3) is 0 Å². The number of amides is 3. The molecular formula is C35H62N4O10. The third-order valence-electron chi connectivity index (χ3n) is 9.63. The van der Waals surface area contributed by atoms with Gasteiger partial charge in [0.25, 0.3) is 0 Å². The van der Waals surface area contributed by atoms with Gasteiger partial charge in [-0.1, -0.05) is 41.5 Å². The van der Waals surface area contributed by atoms with Crippen molar-refractivity contribution in [3.63, 3.8) is 0 Å². The fourth-order valence-corrected chi connectivity index (χ4v) is 7.93. The second-order valence-corrected chi connectivity index (χ2v) is 17.0. The standard InChI is InChI=1S/C35H62N4O10/c1-23(11-12-46-28(43)37-19-33(7)15-25(36-10)13-31(3,4)17-33)49-30(45)39-26-14-32(5,6)18-34(8,16-26)20-38-29(44)48-22-35(9,27(41)42)21-47-24(2)40/h23,25-26,36H,11-22H2,1-10H3,(H,37,43)(H,38,44)(H,39,45)(H,41,42). The fourth-order valence-electron chi connectivity index (χ4n) is 7.93. The molecule has 5 N–H and O–H groups in total. The minimum atomic E-state index is -1.59. The van der Waals surface area contributed by atoms with Crippen molar-refractivity contribution >= 4 is 30.2 Å². The van der Waals surface area contributed by atoms with Crippen LogP contribution in [0.15, 0.2) is 0 Å². The van der Waals surface area contributed by atoms with E-state index in [0.717, 1.165) is 25.7 Å². The van der Waals surface area contributed by atoms with E-state index in [9.17, 15) is 29.1 Å². The second-order valence-electron chi connectivity index (χ2n) is 17.0. The number of carboxylic acid groups (broad SMARTS) is 1. The Hall–Kier alpha value is -3.29. The fraction of sp³-hybridized carbons (Fsp3) is 0.857. The monoisotopic (exact) mass is 698 g/mol. The highest BCUT2D eigenvalue weighted by molar-refractivity contribution is 5.76. The van der Waals surface area contributed by atoms with Crippen molar-refractivity contribution in [2.45, 2.75) is 125 Å². The zero-order valence-corrected chi connectivity index (χ0v) is 31.3.